The molecule has 2 aromatic rings. The minimum atomic E-state index is -3.59. The summed E-state index contributed by atoms with van der Waals surface area (Å²) >= 11 is 1.40. The number of nitriles is 1. The third-order valence-corrected chi connectivity index (χ3v) is 7.73. The van der Waals surface area contributed by atoms with E-state index >= 15 is 0 Å². The zero-order valence-corrected chi connectivity index (χ0v) is 18.6. The second kappa shape index (κ2) is 9.10. The Labute approximate surface area is 189 Å². The van der Waals surface area contributed by atoms with E-state index in [1.54, 1.807) is 18.2 Å². The third kappa shape index (κ3) is 4.51. The molecule has 0 saturated carbocycles. The number of hydrogen-bond donors (Lipinski definition) is 2. The predicted octanol–water partition coefficient (Wildman–Crippen LogP) is 2.11. The molecule has 11 heteroatoms. The van der Waals surface area contributed by atoms with E-state index in [1.165, 1.54) is 17.4 Å². The van der Waals surface area contributed by atoms with Crippen molar-refractivity contribution in [1.29, 1.82) is 5.26 Å². The van der Waals surface area contributed by atoms with Gasteiger partial charge in [-0.3, -0.25) is 19.3 Å². The Morgan fingerprint density at radius 1 is 1.28 bits per heavy atom. The van der Waals surface area contributed by atoms with Gasteiger partial charge >= 0.3 is 5.97 Å². The van der Waals surface area contributed by atoms with Gasteiger partial charge in [-0.25, -0.2) is 8.42 Å². The highest BCUT2D eigenvalue weighted by Gasteiger charge is 2.30. The van der Waals surface area contributed by atoms with Crippen LogP contribution in [0.3, 0.4) is 0 Å². The topological polar surface area (TPSA) is 138 Å². The Hall–Kier alpha value is -3.23. The number of hydrogen-bond acceptors (Lipinski definition) is 8. The molecular weight excluding hydrogens is 452 g/mol. The number of benzene rings is 1. The molecule has 0 saturated heterocycles. The number of nitrogens with one attached hydrogen (secondary N) is 2. The van der Waals surface area contributed by atoms with E-state index in [4.69, 9.17) is 4.74 Å². The van der Waals surface area contributed by atoms with Crippen molar-refractivity contribution in [2.75, 3.05) is 18.5 Å². The van der Waals surface area contributed by atoms with Crippen LogP contribution in [0.2, 0.25) is 0 Å². The number of anilines is 1. The summed E-state index contributed by atoms with van der Waals surface area (Å²) in [4.78, 5) is 29.6. The van der Waals surface area contributed by atoms with Crippen molar-refractivity contribution in [3.63, 3.8) is 0 Å². The van der Waals surface area contributed by atoms with Crippen LogP contribution in [0, 0.1) is 11.3 Å². The highest BCUT2D eigenvalue weighted by atomic mass is 32.2. The maximum atomic E-state index is 12.1. The Bertz CT molecular complexity index is 1260. The molecule has 0 radical (unpaired) electrons. The number of fused-ring (bicyclic) bond motifs is 2. The Morgan fingerprint density at radius 2 is 2.09 bits per heavy atom. The van der Waals surface area contributed by atoms with Crippen LogP contribution in [0.1, 0.15) is 40.8 Å². The molecule has 0 bridgehead atoms. The lowest BCUT2D eigenvalue weighted by Crippen LogP contribution is -2.22. The summed E-state index contributed by atoms with van der Waals surface area (Å²) in [5.41, 5.74) is 2.02. The van der Waals surface area contributed by atoms with Crippen LogP contribution in [0.25, 0.3) is 0 Å². The van der Waals surface area contributed by atoms with E-state index in [-0.39, 0.29) is 23.7 Å². The zero-order valence-electron chi connectivity index (χ0n) is 17.0. The molecule has 9 nitrogen and oxygen atoms in total. The van der Waals surface area contributed by atoms with Gasteiger partial charge in [-0.1, -0.05) is 12.1 Å². The molecule has 1 aliphatic heterocycles. The van der Waals surface area contributed by atoms with Gasteiger partial charge in [0.05, 0.1) is 10.5 Å². The van der Waals surface area contributed by atoms with Gasteiger partial charge in [0.15, 0.2) is 6.61 Å². The molecule has 4 rings (SSSR count). The van der Waals surface area contributed by atoms with Crippen LogP contribution in [0.5, 0.6) is 0 Å². The van der Waals surface area contributed by atoms with Gasteiger partial charge in [-0.2, -0.15) is 5.26 Å². The average molecular weight is 473 g/mol. The lowest BCUT2D eigenvalue weighted by molar-refractivity contribution is -0.147. The maximum absolute atomic E-state index is 12.1. The molecule has 2 heterocycles. The molecule has 2 N–H and O–H groups in total. The smallest absolute Gasteiger partial charge is 0.306 e. The first-order chi connectivity index (χ1) is 15.4. The van der Waals surface area contributed by atoms with E-state index in [0.717, 1.165) is 29.7 Å². The fourth-order valence-corrected chi connectivity index (χ4v) is 6.16. The van der Waals surface area contributed by atoms with Gasteiger partial charge in [0.25, 0.3) is 15.9 Å². The Balaban J connectivity index is 1.22. The van der Waals surface area contributed by atoms with Gasteiger partial charge in [0, 0.05) is 23.4 Å². The fourth-order valence-electron chi connectivity index (χ4n) is 3.66. The normalized spacial score (nSPS) is 16.7. The standard InChI is InChI=1S/C21H20N4O5S2/c22-11-15-13-6-3-7-16(13)31-21(15)24-18(26)12-30-19(27)9-4-10-23-20-14-5-1-2-8-17(14)32(28,29)25-20/h1-2,5,8H,3-4,6-7,9-10,12H2,(H,23,25)(H,24,26). The molecule has 32 heavy (non-hydrogen) atoms. The number of amidine groups is 1. The SMILES string of the molecule is N#Cc1c(NC(=O)COC(=O)CCCN=C2NS(=O)(=O)c3ccccc32)sc2c1CCC2. The molecule has 1 aliphatic carbocycles. The number of esters is 1. The lowest BCUT2D eigenvalue weighted by Gasteiger charge is -2.06. The van der Waals surface area contributed by atoms with E-state index < -0.39 is 28.5 Å². The summed E-state index contributed by atoms with van der Waals surface area (Å²) in [6.45, 7) is -0.215. The quantitative estimate of drug-likeness (QED) is 0.468. The predicted molar refractivity (Wildman–Crippen MR) is 118 cm³/mol. The molecular formula is C21H20N4O5S2. The minimum absolute atomic E-state index is 0.0369. The van der Waals surface area contributed by atoms with Crippen LogP contribution < -0.4 is 10.0 Å². The highest BCUT2D eigenvalue weighted by molar-refractivity contribution is 7.90. The summed E-state index contributed by atoms with van der Waals surface area (Å²) in [5.74, 6) is -0.793. The van der Waals surface area contributed by atoms with E-state index in [1.807, 2.05) is 0 Å². The summed E-state index contributed by atoms with van der Waals surface area (Å²) in [6.07, 6.45) is 3.15. The molecule has 0 spiro atoms. The summed E-state index contributed by atoms with van der Waals surface area (Å²) < 4.78 is 31.5. The maximum Gasteiger partial charge on any atom is 0.306 e. The lowest BCUT2D eigenvalue weighted by atomic mass is 10.1. The number of nitrogens with zero attached hydrogens (tertiary/aromatic N) is 2. The first-order valence-corrected chi connectivity index (χ1v) is 12.4. The number of aryl methyl sites for hydroxylation is 1. The van der Waals surface area contributed by atoms with Gasteiger partial charge in [-0.05, 0) is 43.4 Å². The number of aliphatic imine (C=N–C) groups is 1. The summed E-state index contributed by atoms with van der Waals surface area (Å²) in [7, 11) is -3.59. The van der Waals surface area contributed by atoms with Crippen LogP contribution in [0.15, 0.2) is 34.2 Å². The van der Waals surface area contributed by atoms with Crippen molar-refractivity contribution in [2.24, 2.45) is 4.99 Å². The van der Waals surface area contributed by atoms with E-state index in [0.29, 0.717) is 22.5 Å². The number of carbonyl (C=O) groups excluding carboxylic acids is 2. The molecule has 1 amide bonds. The van der Waals surface area contributed by atoms with Crippen molar-refractivity contribution in [3.8, 4) is 6.07 Å². The number of carbonyl (C=O) groups is 2. The number of thiophene rings is 1. The zero-order chi connectivity index (χ0) is 22.7. The van der Waals surface area contributed by atoms with Crippen LogP contribution in [-0.2, 0) is 37.2 Å². The molecule has 0 fully saturated rings. The van der Waals surface area contributed by atoms with Gasteiger partial charge in [0.1, 0.15) is 16.9 Å². The second-order valence-corrected chi connectivity index (χ2v) is 10.1. The third-order valence-electron chi connectivity index (χ3n) is 5.12. The van der Waals surface area contributed by atoms with Crippen molar-refractivity contribution in [2.45, 2.75) is 37.0 Å². The molecule has 1 aromatic carbocycles. The van der Waals surface area contributed by atoms with Crippen molar-refractivity contribution >= 4 is 44.1 Å². The first-order valence-electron chi connectivity index (χ1n) is 10.1. The number of rotatable bonds is 7. The van der Waals surface area contributed by atoms with E-state index in [2.05, 4.69) is 21.1 Å². The highest BCUT2D eigenvalue weighted by Crippen LogP contribution is 2.38. The number of sulfonamides is 1. The minimum Gasteiger partial charge on any atom is -0.456 e. The Kier molecular flexibility index (Phi) is 6.25. The Morgan fingerprint density at radius 3 is 2.91 bits per heavy atom. The summed E-state index contributed by atoms with van der Waals surface area (Å²) in [6, 6.07) is 8.68. The van der Waals surface area contributed by atoms with Gasteiger partial charge < -0.3 is 10.1 Å². The largest absolute Gasteiger partial charge is 0.456 e. The van der Waals surface area contributed by atoms with E-state index in [9.17, 15) is 23.3 Å². The number of amides is 1. The monoisotopic (exact) mass is 472 g/mol. The van der Waals surface area contributed by atoms with Crippen LogP contribution in [0.4, 0.5) is 5.00 Å². The van der Waals surface area contributed by atoms with Crippen LogP contribution >= 0.6 is 11.3 Å². The first kappa shape index (κ1) is 22.0. The fraction of sp³-hybridized carbons (Fsp3) is 0.333. The average Bonchev–Trinajstić information content (AvgIpc) is 3.41. The van der Waals surface area contributed by atoms with Crippen molar-refractivity contribution < 1.29 is 22.7 Å². The summed E-state index contributed by atoms with van der Waals surface area (Å²) in [5, 5.41) is 12.5. The van der Waals surface area contributed by atoms with Gasteiger partial charge in [-0.15, -0.1) is 11.3 Å². The molecule has 0 atom stereocenters. The second-order valence-electron chi connectivity index (χ2n) is 7.32. The molecule has 1 aromatic heterocycles. The molecule has 2 aliphatic rings. The number of ether oxygens (including phenoxy) is 1. The van der Waals surface area contributed by atoms with Crippen molar-refractivity contribution in [1.82, 2.24) is 4.72 Å². The van der Waals surface area contributed by atoms with Crippen molar-refractivity contribution in [3.05, 3.63) is 45.8 Å². The van der Waals surface area contributed by atoms with Gasteiger partial charge in [0.2, 0.25) is 0 Å². The molecule has 0 unspecified atom stereocenters. The van der Waals surface area contributed by atoms with Crippen LogP contribution in [-0.4, -0.2) is 39.3 Å². The molecule has 166 valence electrons.